The fourth-order valence-electron chi connectivity index (χ4n) is 3.43. The van der Waals surface area contributed by atoms with E-state index >= 15 is 0 Å². The molecule has 0 unspecified atom stereocenters. The molecular formula is C20H24F3N3O4S. The number of thiophene rings is 1. The Morgan fingerprint density at radius 2 is 1.97 bits per heavy atom. The van der Waals surface area contributed by atoms with E-state index in [2.05, 4.69) is 4.98 Å². The molecule has 2 aromatic heterocycles. The quantitative estimate of drug-likeness (QED) is 0.725. The molecule has 3 rings (SSSR count). The molecule has 3 heterocycles. The average Bonchev–Trinajstić information content (AvgIpc) is 3.02. The van der Waals surface area contributed by atoms with Crippen molar-refractivity contribution in [3.8, 4) is 5.88 Å². The van der Waals surface area contributed by atoms with Crippen LogP contribution in [0.15, 0.2) is 11.4 Å². The standard InChI is InChI=1S/C20H24F3N3O4S/c1-10-7-11(5-6-26(10)18(28)30-19(2,3)4)29-14-8-13(20(21,22)23)16-15(25-14)12(9-31-16)17(24)27/h8-11H,5-7H2,1-4H3,(H2,24,27)/t10-,11-/m1/s1. The van der Waals surface area contributed by atoms with Crippen molar-refractivity contribution in [3.05, 3.63) is 22.6 Å². The van der Waals surface area contributed by atoms with E-state index in [-0.39, 0.29) is 27.7 Å². The molecule has 2 aromatic rings. The number of carbonyl (C=O) groups excluding carboxylic acids is 2. The van der Waals surface area contributed by atoms with Gasteiger partial charge in [-0.1, -0.05) is 0 Å². The maximum atomic E-state index is 13.6. The summed E-state index contributed by atoms with van der Waals surface area (Å²) < 4.78 is 51.7. The van der Waals surface area contributed by atoms with Gasteiger partial charge in [0.15, 0.2) is 0 Å². The number of hydrogen-bond donors (Lipinski definition) is 1. The van der Waals surface area contributed by atoms with Crippen molar-refractivity contribution in [3.63, 3.8) is 0 Å². The molecule has 2 amide bonds. The number of alkyl halides is 3. The Hall–Kier alpha value is -2.56. The summed E-state index contributed by atoms with van der Waals surface area (Å²) in [5, 5.41) is 1.26. The maximum absolute atomic E-state index is 13.6. The molecule has 1 aliphatic heterocycles. The number of carbonyl (C=O) groups is 2. The zero-order valence-electron chi connectivity index (χ0n) is 17.6. The monoisotopic (exact) mass is 459 g/mol. The Labute approximate surface area is 181 Å². The number of nitrogens with two attached hydrogens (primary N) is 1. The minimum atomic E-state index is -4.65. The van der Waals surface area contributed by atoms with Crippen molar-refractivity contribution in [2.45, 2.75) is 64.5 Å². The van der Waals surface area contributed by atoms with Gasteiger partial charge in [-0.15, -0.1) is 11.3 Å². The highest BCUT2D eigenvalue weighted by Gasteiger charge is 2.37. The van der Waals surface area contributed by atoms with Crippen LogP contribution in [0.4, 0.5) is 18.0 Å². The summed E-state index contributed by atoms with van der Waals surface area (Å²) in [5.41, 5.74) is 3.52. The molecule has 2 N–H and O–H groups in total. The summed E-state index contributed by atoms with van der Waals surface area (Å²) in [7, 11) is 0. The van der Waals surface area contributed by atoms with Crippen molar-refractivity contribution in [2.75, 3.05) is 6.54 Å². The topological polar surface area (TPSA) is 94.8 Å². The number of rotatable bonds is 3. The largest absolute Gasteiger partial charge is 0.474 e. The van der Waals surface area contributed by atoms with Crippen molar-refractivity contribution in [2.24, 2.45) is 5.73 Å². The molecular weight excluding hydrogens is 435 g/mol. The fourth-order valence-corrected chi connectivity index (χ4v) is 4.46. The molecule has 0 radical (unpaired) electrons. The Bertz CT molecular complexity index is 1000. The van der Waals surface area contributed by atoms with Gasteiger partial charge in [0, 0.05) is 36.9 Å². The van der Waals surface area contributed by atoms with Gasteiger partial charge in [0.25, 0.3) is 5.91 Å². The van der Waals surface area contributed by atoms with Crippen LogP contribution in [0.3, 0.4) is 0 Å². The average molecular weight is 459 g/mol. The third kappa shape index (κ3) is 5.20. The van der Waals surface area contributed by atoms with Gasteiger partial charge in [-0.25, -0.2) is 9.78 Å². The SMILES string of the molecule is C[C@@H]1C[C@H](Oc2cc(C(F)(F)F)c3scc(C(N)=O)c3n2)CCN1C(=O)OC(C)(C)C. The number of hydrogen-bond acceptors (Lipinski definition) is 6. The molecule has 2 atom stereocenters. The summed E-state index contributed by atoms with van der Waals surface area (Å²) >= 11 is 0.762. The molecule has 0 aromatic carbocycles. The van der Waals surface area contributed by atoms with Gasteiger partial charge < -0.3 is 20.1 Å². The second-order valence-electron chi connectivity index (χ2n) is 8.48. The van der Waals surface area contributed by atoms with Crippen LogP contribution in [0.2, 0.25) is 0 Å². The first-order valence-electron chi connectivity index (χ1n) is 9.72. The summed E-state index contributed by atoms with van der Waals surface area (Å²) in [6.45, 7) is 7.48. The first-order valence-corrected chi connectivity index (χ1v) is 10.6. The molecule has 1 saturated heterocycles. The van der Waals surface area contributed by atoms with Crippen LogP contribution in [0.1, 0.15) is 56.5 Å². The third-order valence-corrected chi connectivity index (χ3v) is 5.82. The van der Waals surface area contributed by atoms with E-state index in [0.717, 1.165) is 17.4 Å². The van der Waals surface area contributed by atoms with E-state index in [1.807, 2.05) is 6.92 Å². The molecule has 11 heteroatoms. The van der Waals surface area contributed by atoms with Crippen molar-refractivity contribution < 1.29 is 32.2 Å². The summed E-state index contributed by atoms with van der Waals surface area (Å²) in [6, 6.07) is 0.607. The first-order chi connectivity index (χ1) is 14.3. The fraction of sp³-hybridized carbons (Fsp3) is 0.550. The Balaban J connectivity index is 1.82. The Morgan fingerprint density at radius 3 is 2.52 bits per heavy atom. The molecule has 0 aliphatic carbocycles. The number of primary amides is 1. The molecule has 0 bridgehead atoms. The van der Waals surface area contributed by atoms with Crippen LogP contribution < -0.4 is 10.5 Å². The molecule has 1 aliphatic rings. The van der Waals surface area contributed by atoms with Gasteiger partial charge in [-0.05, 0) is 27.7 Å². The lowest BCUT2D eigenvalue weighted by Crippen LogP contribution is -2.49. The van der Waals surface area contributed by atoms with Gasteiger partial charge >= 0.3 is 12.3 Å². The number of likely N-dealkylation sites (tertiary alicyclic amines) is 1. The van der Waals surface area contributed by atoms with Gasteiger partial charge in [-0.3, -0.25) is 4.79 Å². The maximum Gasteiger partial charge on any atom is 0.418 e. The number of amides is 2. The van der Waals surface area contributed by atoms with Gasteiger partial charge in [-0.2, -0.15) is 13.2 Å². The highest BCUT2D eigenvalue weighted by molar-refractivity contribution is 7.17. The number of aromatic nitrogens is 1. The van der Waals surface area contributed by atoms with Crippen LogP contribution in [0.25, 0.3) is 10.2 Å². The van der Waals surface area contributed by atoms with E-state index < -0.39 is 35.4 Å². The first kappa shape index (κ1) is 23.1. The predicted molar refractivity (Wildman–Crippen MR) is 109 cm³/mol. The number of nitrogens with zero attached hydrogens (tertiary/aromatic N) is 2. The number of piperidine rings is 1. The summed E-state index contributed by atoms with van der Waals surface area (Å²) in [4.78, 5) is 29.7. The second kappa shape index (κ2) is 8.18. The van der Waals surface area contributed by atoms with Crippen LogP contribution in [0, 0.1) is 0 Å². The van der Waals surface area contributed by atoms with E-state index in [9.17, 15) is 22.8 Å². The van der Waals surface area contributed by atoms with Gasteiger partial charge in [0.05, 0.1) is 21.3 Å². The summed E-state index contributed by atoms with van der Waals surface area (Å²) in [5.74, 6) is -1.09. The third-order valence-electron chi connectivity index (χ3n) is 4.81. The number of fused-ring (bicyclic) bond motifs is 1. The predicted octanol–water partition coefficient (Wildman–Crippen LogP) is 4.58. The molecule has 31 heavy (non-hydrogen) atoms. The minimum Gasteiger partial charge on any atom is -0.474 e. The minimum absolute atomic E-state index is 0.0796. The lowest BCUT2D eigenvalue weighted by Gasteiger charge is -2.38. The zero-order valence-corrected chi connectivity index (χ0v) is 18.4. The van der Waals surface area contributed by atoms with E-state index in [0.29, 0.717) is 19.4 Å². The van der Waals surface area contributed by atoms with Crippen molar-refractivity contribution in [1.82, 2.24) is 9.88 Å². The van der Waals surface area contributed by atoms with Crippen molar-refractivity contribution in [1.29, 1.82) is 0 Å². The number of halogens is 3. The lowest BCUT2D eigenvalue weighted by atomic mass is 10.0. The van der Waals surface area contributed by atoms with Gasteiger partial charge in [0.2, 0.25) is 5.88 Å². The molecule has 1 fully saturated rings. The van der Waals surface area contributed by atoms with Crippen LogP contribution in [-0.4, -0.2) is 46.2 Å². The van der Waals surface area contributed by atoms with Crippen LogP contribution in [0.5, 0.6) is 5.88 Å². The van der Waals surface area contributed by atoms with E-state index in [4.69, 9.17) is 15.2 Å². The second-order valence-corrected chi connectivity index (χ2v) is 9.36. The number of ether oxygens (including phenoxy) is 2. The summed E-state index contributed by atoms with van der Waals surface area (Å²) in [6.07, 6.45) is -4.74. The molecule has 7 nitrogen and oxygen atoms in total. The van der Waals surface area contributed by atoms with Crippen LogP contribution >= 0.6 is 11.3 Å². The highest BCUT2D eigenvalue weighted by atomic mass is 32.1. The van der Waals surface area contributed by atoms with Gasteiger partial charge in [0.1, 0.15) is 11.7 Å². The Morgan fingerprint density at radius 1 is 1.29 bits per heavy atom. The zero-order chi connectivity index (χ0) is 23.1. The van der Waals surface area contributed by atoms with Crippen molar-refractivity contribution >= 4 is 33.6 Å². The normalized spacial score (nSPS) is 20.0. The lowest BCUT2D eigenvalue weighted by molar-refractivity contribution is -0.136. The van der Waals surface area contributed by atoms with E-state index in [1.165, 1.54) is 5.38 Å². The Kier molecular flexibility index (Phi) is 6.09. The number of pyridine rings is 1. The molecule has 0 saturated carbocycles. The molecule has 170 valence electrons. The van der Waals surface area contributed by atoms with Crippen LogP contribution in [-0.2, 0) is 10.9 Å². The highest BCUT2D eigenvalue weighted by Crippen LogP contribution is 2.40. The van der Waals surface area contributed by atoms with E-state index in [1.54, 1.807) is 25.7 Å². The molecule has 0 spiro atoms. The smallest absolute Gasteiger partial charge is 0.418 e.